The van der Waals surface area contributed by atoms with Crippen molar-refractivity contribution < 1.29 is 38.1 Å². The van der Waals surface area contributed by atoms with Crippen molar-refractivity contribution >= 4 is 23.6 Å². The van der Waals surface area contributed by atoms with Crippen molar-refractivity contribution in [3.05, 3.63) is 47.1 Å². The summed E-state index contributed by atoms with van der Waals surface area (Å²) in [7, 11) is 4.67. The number of nitrogens with one attached hydrogen (secondary N) is 1. The van der Waals surface area contributed by atoms with Crippen LogP contribution in [0, 0.1) is 17.8 Å². The molecule has 2 aliphatic rings. The van der Waals surface area contributed by atoms with E-state index in [1.165, 1.54) is 13.2 Å². The molecule has 0 fully saturated rings. The first kappa shape index (κ1) is 33.1. The number of carbonyl (C=O) groups excluding carboxylic acids is 4. The van der Waals surface area contributed by atoms with Crippen LogP contribution in [0.2, 0.25) is 0 Å². The molecule has 222 valence electrons. The second kappa shape index (κ2) is 15.1. The summed E-state index contributed by atoms with van der Waals surface area (Å²) in [4.78, 5) is 50.7. The third-order valence-electron chi connectivity index (χ3n) is 7.58. The van der Waals surface area contributed by atoms with Crippen LogP contribution in [0.15, 0.2) is 47.1 Å². The molecule has 0 aromatic heterocycles. The molecular weight excluding hydrogens is 516 g/mol. The zero-order chi connectivity index (χ0) is 30.1. The van der Waals surface area contributed by atoms with E-state index in [1.807, 2.05) is 33.8 Å². The summed E-state index contributed by atoms with van der Waals surface area (Å²) < 4.78 is 22.9. The molecule has 0 aromatic carbocycles. The van der Waals surface area contributed by atoms with Gasteiger partial charge in [-0.3, -0.25) is 14.4 Å². The van der Waals surface area contributed by atoms with E-state index in [0.717, 1.165) is 5.57 Å². The Morgan fingerprint density at radius 2 is 1.65 bits per heavy atom. The van der Waals surface area contributed by atoms with Gasteiger partial charge < -0.3 is 30.0 Å². The number of hydrogen-bond donors (Lipinski definition) is 2. The van der Waals surface area contributed by atoms with Crippen LogP contribution < -0.4 is 11.1 Å². The third-order valence-corrected chi connectivity index (χ3v) is 7.58. The number of Topliss-reactive ketones (excluding diaryl/α,β-unsaturated/α-hetero) is 1. The molecule has 8 atom stereocenters. The summed E-state index contributed by atoms with van der Waals surface area (Å²) in [5.74, 6) is -1.77. The number of hydrogen-bond acceptors (Lipinski definition) is 8. The molecule has 0 aromatic rings. The van der Waals surface area contributed by atoms with Gasteiger partial charge in [-0.15, -0.1) is 0 Å². The van der Waals surface area contributed by atoms with E-state index in [0.29, 0.717) is 12.0 Å². The van der Waals surface area contributed by atoms with Crippen LogP contribution in [-0.2, 0) is 33.3 Å². The van der Waals surface area contributed by atoms with Gasteiger partial charge in [0.05, 0.1) is 24.4 Å². The highest BCUT2D eigenvalue weighted by Crippen LogP contribution is 2.30. The average Bonchev–Trinajstić information content (AvgIpc) is 2.88. The van der Waals surface area contributed by atoms with Crippen molar-refractivity contribution in [2.24, 2.45) is 23.5 Å². The molecule has 1 aliphatic carbocycles. The van der Waals surface area contributed by atoms with Crippen molar-refractivity contribution in [1.82, 2.24) is 5.32 Å². The van der Waals surface area contributed by atoms with Gasteiger partial charge in [-0.25, -0.2) is 4.79 Å². The quantitative estimate of drug-likeness (QED) is 0.499. The highest BCUT2D eigenvalue weighted by Gasteiger charge is 2.38. The van der Waals surface area contributed by atoms with Gasteiger partial charge in [0.25, 0.3) is 0 Å². The fourth-order valence-electron chi connectivity index (χ4n) is 5.53. The Labute approximate surface area is 237 Å². The Balaban J connectivity index is 2.61. The number of allylic oxidation sites excluding steroid dienone is 3. The summed E-state index contributed by atoms with van der Waals surface area (Å²) in [5, 5.41) is 2.70. The lowest BCUT2D eigenvalue weighted by Crippen LogP contribution is -2.48. The second-order valence-corrected chi connectivity index (χ2v) is 10.7. The van der Waals surface area contributed by atoms with Crippen LogP contribution in [0.5, 0.6) is 0 Å². The molecule has 2 amide bonds. The van der Waals surface area contributed by atoms with Gasteiger partial charge in [-0.1, -0.05) is 45.1 Å². The summed E-state index contributed by atoms with van der Waals surface area (Å²) in [6.07, 6.45) is 5.66. The topological polar surface area (TPSA) is 143 Å². The second-order valence-electron chi connectivity index (χ2n) is 10.7. The van der Waals surface area contributed by atoms with Gasteiger partial charge in [-0.2, -0.15) is 0 Å². The maximum Gasteiger partial charge on any atom is 0.405 e. The lowest BCUT2D eigenvalue weighted by atomic mass is 9.81. The molecule has 40 heavy (non-hydrogen) atoms. The zero-order valence-electron chi connectivity index (χ0n) is 24.8. The van der Waals surface area contributed by atoms with Gasteiger partial charge in [0.1, 0.15) is 6.10 Å². The van der Waals surface area contributed by atoms with Gasteiger partial charge >= 0.3 is 6.09 Å². The molecule has 10 nitrogen and oxygen atoms in total. The molecule has 1 unspecified atom stereocenters. The van der Waals surface area contributed by atoms with Crippen LogP contribution in [0.25, 0.3) is 0 Å². The van der Waals surface area contributed by atoms with Crippen LogP contribution in [0.3, 0.4) is 0 Å². The fraction of sp³-hybridized carbons (Fsp3) is 0.600. The summed E-state index contributed by atoms with van der Waals surface area (Å²) in [6.45, 7) is 9.24. The smallest absolute Gasteiger partial charge is 0.405 e. The predicted molar refractivity (Wildman–Crippen MR) is 150 cm³/mol. The van der Waals surface area contributed by atoms with E-state index in [1.54, 1.807) is 39.4 Å². The average molecular weight is 561 g/mol. The fourth-order valence-corrected chi connectivity index (χ4v) is 5.53. The van der Waals surface area contributed by atoms with Crippen molar-refractivity contribution in [2.75, 3.05) is 21.3 Å². The SMILES string of the molecule is CO[C@H]1[C@@H](OC)C[C@H](C)[C@@H](OC)C2=CC(=O)CC(NC(=O)/C(C)=C/C=C/[C@H](C)[C@@H](OC(N)=O)/C(C)=C/[C@@H]1C)C2=O. The van der Waals surface area contributed by atoms with Crippen molar-refractivity contribution in [3.8, 4) is 0 Å². The van der Waals surface area contributed by atoms with Gasteiger partial charge in [0.2, 0.25) is 5.91 Å². The molecule has 0 saturated carbocycles. The Morgan fingerprint density at radius 3 is 2.23 bits per heavy atom. The van der Waals surface area contributed by atoms with E-state index >= 15 is 0 Å². The number of primary amides is 1. The number of amides is 2. The normalized spacial score (nSPS) is 36.4. The third kappa shape index (κ3) is 8.46. The lowest BCUT2D eigenvalue weighted by Gasteiger charge is -2.34. The van der Waals surface area contributed by atoms with E-state index < -0.39 is 42.5 Å². The standard InChI is InChI=1S/C30H44N2O8/c1-16-10-9-11-17(2)29(35)32-23-15-21(33)14-22(25(23)34)27(38-7)20(5)13-24(37-6)28(39-8)19(4)12-18(3)26(16)40-30(31)36/h9-12,14,16,19-20,23-24,26-28H,13,15H2,1-8H3,(H2,31,36)(H,32,35)/b10-9+,17-11+,18-12+/t16-,19-,20-,23?,24-,26+,27+,28+/m0/s1. The predicted octanol–water partition coefficient (Wildman–Crippen LogP) is 3.21. The van der Waals surface area contributed by atoms with Gasteiger partial charge in [0, 0.05) is 50.7 Å². The molecule has 2 bridgehead atoms. The van der Waals surface area contributed by atoms with Crippen LogP contribution in [-0.4, -0.2) is 75.4 Å². The Kier molecular flexibility index (Phi) is 12.5. The maximum atomic E-state index is 13.4. The van der Waals surface area contributed by atoms with Crippen LogP contribution >= 0.6 is 0 Å². The minimum atomic E-state index is -0.997. The monoisotopic (exact) mass is 560 g/mol. The number of rotatable bonds is 4. The number of nitrogens with two attached hydrogens (primary N) is 1. The van der Waals surface area contributed by atoms with Gasteiger partial charge in [-0.05, 0) is 37.8 Å². The summed E-state index contributed by atoms with van der Waals surface area (Å²) >= 11 is 0. The molecular formula is C30H44N2O8. The number of methoxy groups -OCH3 is 3. The Bertz CT molecular complexity index is 1080. The van der Waals surface area contributed by atoms with Crippen molar-refractivity contribution in [1.29, 1.82) is 0 Å². The molecule has 3 N–H and O–H groups in total. The first-order valence-corrected chi connectivity index (χ1v) is 13.5. The number of ketones is 2. The Hall–Kier alpha value is -3.08. The first-order chi connectivity index (χ1) is 18.8. The Morgan fingerprint density at radius 1 is 0.975 bits per heavy atom. The van der Waals surface area contributed by atoms with Crippen molar-refractivity contribution in [3.63, 3.8) is 0 Å². The molecule has 0 saturated heterocycles. The van der Waals surface area contributed by atoms with E-state index in [2.05, 4.69) is 5.32 Å². The summed E-state index contributed by atoms with van der Waals surface area (Å²) in [6, 6.07) is -0.997. The highest BCUT2D eigenvalue weighted by molar-refractivity contribution is 6.13. The molecule has 2 rings (SSSR count). The summed E-state index contributed by atoms with van der Waals surface area (Å²) in [5.41, 5.74) is 6.73. The van der Waals surface area contributed by atoms with E-state index in [4.69, 9.17) is 24.7 Å². The number of ether oxygens (including phenoxy) is 4. The first-order valence-electron chi connectivity index (χ1n) is 13.5. The molecule has 0 radical (unpaired) electrons. The molecule has 1 heterocycles. The minimum Gasteiger partial charge on any atom is -0.441 e. The zero-order valence-corrected chi connectivity index (χ0v) is 24.8. The molecule has 10 heteroatoms. The van der Waals surface area contributed by atoms with Crippen LogP contribution in [0.4, 0.5) is 4.79 Å². The maximum absolute atomic E-state index is 13.4. The molecule has 1 aliphatic heterocycles. The molecule has 0 spiro atoms. The number of fused-ring (bicyclic) bond motifs is 2. The van der Waals surface area contributed by atoms with E-state index in [9.17, 15) is 19.2 Å². The van der Waals surface area contributed by atoms with Crippen LogP contribution in [0.1, 0.15) is 47.5 Å². The highest BCUT2D eigenvalue weighted by atomic mass is 16.6. The van der Waals surface area contributed by atoms with Gasteiger partial charge in [0.15, 0.2) is 11.6 Å². The minimum absolute atomic E-state index is 0.125. The lowest BCUT2D eigenvalue weighted by molar-refractivity contribution is -0.128. The number of carbonyl (C=O) groups is 4. The largest absolute Gasteiger partial charge is 0.441 e. The van der Waals surface area contributed by atoms with Crippen molar-refractivity contribution in [2.45, 2.75) is 77.9 Å². The van der Waals surface area contributed by atoms with E-state index in [-0.39, 0.29) is 41.3 Å².